The van der Waals surface area contributed by atoms with Gasteiger partial charge in [-0.05, 0) is 48.5 Å². The van der Waals surface area contributed by atoms with E-state index in [1.54, 1.807) is 36.4 Å². The largest absolute Gasteiger partial charge is 0.378 e. The topological polar surface area (TPSA) is 79.4 Å². The molecule has 1 amide bonds. The third-order valence-corrected chi connectivity index (χ3v) is 4.52. The molecular weight excluding hydrogens is 373 g/mol. The van der Waals surface area contributed by atoms with Crippen LogP contribution in [0.1, 0.15) is 10.4 Å². The Hall–Kier alpha value is -3.52. The number of benzene rings is 2. The zero-order valence-corrected chi connectivity index (χ0v) is 15.6. The minimum atomic E-state index is -0.553. The van der Waals surface area contributed by atoms with E-state index in [1.165, 1.54) is 12.1 Å². The molecule has 3 aromatic rings. The molecule has 29 heavy (non-hydrogen) atoms. The van der Waals surface area contributed by atoms with Crippen molar-refractivity contribution in [2.24, 2.45) is 0 Å². The van der Waals surface area contributed by atoms with Crippen LogP contribution < -0.4 is 15.5 Å². The maximum absolute atomic E-state index is 13.7. The third-order valence-electron chi connectivity index (χ3n) is 4.52. The Labute approximate surface area is 167 Å². The highest BCUT2D eigenvalue weighted by atomic mass is 19.1. The number of rotatable bonds is 5. The summed E-state index contributed by atoms with van der Waals surface area (Å²) in [6, 6.07) is 16.7. The van der Waals surface area contributed by atoms with Crippen molar-refractivity contribution >= 4 is 28.9 Å². The number of hydrogen-bond acceptors (Lipinski definition) is 6. The fourth-order valence-corrected chi connectivity index (χ4v) is 2.98. The molecule has 4 rings (SSSR count). The Morgan fingerprint density at radius 2 is 1.66 bits per heavy atom. The van der Waals surface area contributed by atoms with Gasteiger partial charge in [-0.2, -0.15) is 0 Å². The fraction of sp³-hybridized carbons (Fsp3) is 0.190. The molecule has 1 aliphatic rings. The van der Waals surface area contributed by atoms with Crippen molar-refractivity contribution in [2.75, 3.05) is 41.8 Å². The van der Waals surface area contributed by atoms with Gasteiger partial charge in [-0.15, -0.1) is 10.2 Å². The molecule has 0 atom stereocenters. The molecule has 0 aliphatic carbocycles. The van der Waals surface area contributed by atoms with Gasteiger partial charge in [0.05, 0.1) is 18.8 Å². The van der Waals surface area contributed by atoms with Crippen molar-refractivity contribution in [3.63, 3.8) is 0 Å². The average Bonchev–Trinajstić information content (AvgIpc) is 2.76. The number of carbonyl (C=O) groups excluding carboxylic acids is 1. The summed E-state index contributed by atoms with van der Waals surface area (Å²) in [6.45, 7) is 3.01. The van der Waals surface area contributed by atoms with Crippen LogP contribution >= 0.6 is 0 Å². The van der Waals surface area contributed by atoms with Crippen LogP contribution in [0.4, 0.5) is 27.4 Å². The van der Waals surface area contributed by atoms with Gasteiger partial charge in [-0.1, -0.05) is 12.1 Å². The average molecular weight is 393 g/mol. The highest BCUT2D eigenvalue weighted by Crippen LogP contribution is 2.20. The van der Waals surface area contributed by atoms with Gasteiger partial charge in [0.2, 0.25) is 0 Å². The van der Waals surface area contributed by atoms with Crippen LogP contribution in [0.25, 0.3) is 0 Å². The number of nitrogens with one attached hydrogen (secondary N) is 2. The highest BCUT2D eigenvalue weighted by Gasteiger charge is 2.13. The van der Waals surface area contributed by atoms with Crippen LogP contribution in [0.5, 0.6) is 0 Å². The second kappa shape index (κ2) is 8.66. The number of anilines is 4. The summed E-state index contributed by atoms with van der Waals surface area (Å²) < 4.78 is 19.0. The SMILES string of the molecule is O=C(Nc1ccc(Nc2ccc(N3CCOCC3)nn2)cc1)c1ccccc1F. The predicted molar refractivity (Wildman–Crippen MR) is 109 cm³/mol. The Bertz CT molecular complexity index is 973. The van der Waals surface area contributed by atoms with E-state index in [2.05, 4.69) is 25.7 Å². The van der Waals surface area contributed by atoms with Gasteiger partial charge >= 0.3 is 0 Å². The van der Waals surface area contributed by atoms with Crippen molar-refractivity contribution in [2.45, 2.75) is 0 Å². The van der Waals surface area contributed by atoms with Crippen molar-refractivity contribution in [3.8, 4) is 0 Å². The van der Waals surface area contributed by atoms with E-state index in [9.17, 15) is 9.18 Å². The summed E-state index contributed by atoms with van der Waals surface area (Å²) in [7, 11) is 0. The molecule has 1 saturated heterocycles. The number of carbonyl (C=O) groups is 1. The lowest BCUT2D eigenvalue weighted by atomic mass is 10.2. The van der Waals surface area contributed by atoms with Crippen LogP contribution in [0.2, 0.25) is 0 Å². The van der Waals surface area contributed by atoms with Crippen molar-refractivity contribution in [1.29, 1.82) is 0 Å². The molecule has 0 saturated carbocycles. The number of ether oxygens (including phenoxy) is 1. The van der Waals surface area contributed by atoms with Gasteiger partial charge in [-0.25, -0.2) is 4.39 Å². The number of halogens is 1. The Morgan fingerprint density at radius 1 is 0.931 bits per heavy atom. The molecule has 0 radical (unpaired) electrons. The summed E-state index contributed by atoms with van der Waals surface area (Å²) in [4.78, 5) is 14.3. The van der Waals surface area contributed by atoms with Gasteiger partial charge in [0.25, 0.3) is 5.91 Å². The normalized spacial score (nSPS) is 13.8. The summed E-state index contributed by atoms with van der Waals surface area (Å²) in [5.41, 5.74) is 1.37. The first kappa shape index (κ1) is 18.8. The summed E-state index contributed by atoms with van der Waals surface area (Å²) in [6.07, 6.45) is 0. The second-order valence-corrected chi connectivity index (χ2v) is 6.51. The van der Waals surface area contributed by atoms with E-state index in [1.807, 2.05) is 12.1 Å². The molecular formula is C21H20FN5O2. The van der Waals surface area contributed by atoms with E-state index >= 15 is 0 Å². The number of morpholine rings is 1. The molecule has 0 unspecified atom stereocenters. The van der Waals surface area contributed by atoms with Crippen LogP contribution in [0.3, 0.4) is 0 Å². The zero-order valence-electron chi connectivity index (χ0n) is 15.6. The molecule has 1 aromatic heterocycles. The maximum Gasteiger partial charge on any atom is 0.258 e. The van der Waals surface area contributed by atoms with Gasteiger partial charge in [0.1, 0.15) is 5.82 Å². The molecule has 8 heteroatoms. The van der Waals surface area contributed by atoms with Crippen LogP contribution in [-0.2, 0) is 4.74 Å². The molecule has 2 aromatic carbocycles. The first-order valence-electron chi connectivity index (χ1n) is 9.28. The van der Waals surface area contributed by atoms with E-state index in [0.29, 0.717) is 24.7 Å². The van der Waals surface area contributed by atoms with Crippen molar-refractivity contribution in [1.82, 2.24) is 10.2 Å². The standard InChI is InChI=1S/C21H20FN5O2/c22-18-4-2-1-3-17(18)21(28)24-16-7-5-15(6-8-16)23-19-9-10-20(26-25-19)27-11-13-29-14-12-27/h1-10H,11-14H2,(H,23,25)(H,24,28). The van der Waals surface area contributed by atoms with Crippen LogP contribution in [0.15, 0.2) is 60.7 Å². The second-order valence-electron chi connectivity index (χ2n) is 6.51. The Morgan fingerprint density at radius 3 is 2.34 bits per heavy atom. The van der Waals surface area contributed by atoms with Gasteiger partial charge < -0.3 is 20.3 Å². The minimum Gasteiger partial charge on any atom is -0.378 e. The molecule has 0 bridgehead atoms. The highest BCUT2D eigenvalue weighted by molar-refractivity contribution is 6.04. The van der Waals surface area contributed by atoms with Crippen LogP contribution in [0, 0.1) is 5.82 Å². The lowest BCUT2D eigenvalue weighted by molar-refractivity contribution is 0.102. The van der Waals surface area contributed by atoms with E-state index < -0.39 is 11.7 Å². The quantitative estimate of drug-likeness (QED) is 0.691. The molecule has 1 fully saturated rings. The zero-order chi connectivity index (χ0) is 20.1. The molecule has 7 nitrogen and oxygen atoms in total. The van der Waals surface area contributed by atoms with Gasteiger partial charge in [-0.3, -0.25) is 4.79 Å². The minimum absolute atomic E-state index is 0.00494. The molecule has 1 aliphatic heterocycles. The Balaban J connectivity index is 1.37. The van der Waals surface area contributed by atoms with Crippen molar-refractivity contribution < 1.29 is 13.9 Å². The number of hydrogen-bond donors (Lipinski definition) is 2. The smallest absolute Gasteiger partial charge is 0.258 e. The number of aromatic nitrogens is 2. The number of nitrogens with zero attached hydrogens (tertiary/aromatic N) is 3. The maximum atomic E-state index is 13.7. The monoisotopic (exact) mass is 393 g/mol. The lowest BCUT2D eigenvalue weighted by Crippen LogP contribution is -2.36. The first-order valence-corrected chi connectivity index (χ1v) is 9.28. The molecule has 0 spiro atoms. The predicted octanol–water partition coefficient (Wildman–Crippen LogP) is 3.45. The Kier molecular flexibility index (Phi) is 5.62. The van der Waals surface area contributed by atoms with E-state index in [0.717, 1.165) is 24.6 Å². The van der Waals surface area contributed by atoms with Gasteiger partial charge in [0, 0.05) is 24.5 Å². The number of amides is 1. The summed E-state index contributed by atoms with van der Waals surface area (Å²) >= 11 is 0. The van der Waals surface area contributed by atoms with Gasteiger partial charge in [0.15, 0.2) is 11.6 Å². The van der Waals surface area contributed by atoms with Crippen LogP contribution in [-0.4, -0.2) is 42.4 Å². The van der Waals surface area contributed by atoms with E-state index in [-0.39, 0.29) is 5.56 Å². The summed E-state index contributed by atoms with van der Waals surface area (Å²) in [5, 5.41) is 14.3. The van der Waals surface area contributed by atoms with E-state index in [4.69, 9.17) is 4.74 Å². The molecule has 2 N–H and O–H groups in total. The molecule has 148 valence electrons. The fourth-order valence-electron chi connectivity index (χ4n) is 2.98. The lowest BCUT2D eigenvalue weighted by Gasteiger charge is -2.27. The third kappa shape index (κ3) is 4.67. The van der Waals surface area contributed by atoms with Crippen molar-refractivity contribution in [3.05, 3.63) is 72.0 Å². The summed E-state index contributed by atoms with van der Waals surface area (Å²) in [5.74, 6) is 0.394. The first-order chi connectivity index (χ1) is 14.2. The molecule has 2 heterocycles.